The molecule has 0 saturated heterocycles. The predicted octanol–water partition coefficient (Wildman–Crippen LogP) is 5.49. The third-order valence-corrected chi connectivity index (χ3v) is 15.6. The molecule has 184 valence electrons. The van der Waals surface area contributed by atoms with Crippen molar-refractivity contribution in [1.82, 2.24) is 0 Å². The molecule has 2 aromatic carbocycles. The average Bonchev–Trinajstić information content (AvgIpc) is 2.66. The summed E-state index contributed by atoms with van der Waals surface area (Å²) in [6, 6.07) is 25.8. The van der Waals surface area contributed by atoms with E-state index < -0.39 is 6.15 Å². The van der Waals surface area contributed by atoms with Crippen LogP contribution < -0.4 is 29.8 Å². The summed E-state index contributed by atoms with van der Waals surface area (Å²) in [5.41, 5.74) is 3.12. The predicted molar refractivity (Wildman–Crippen MR) is 160 cm³/mol. The Bertz CT molecular complexity index is 765. The minimum Gasteiger partial charge on any atom is -0.204 e. The van der Waals surface area contributed by atoms with Crippen molar-refractivity contribution in [3.63, 3.8) is 0 Å². The van der Waals surface area contributed by atoms with E-state index in [9.17, 15) is 0 Å². The molecule has 0 spiro atoms. The molecule has 2 aromatic rings. The molecule has 4 heteroatoms. The first-order valence-corrected chi connectivity index (χ1v) is 15.8. The maximum atomic E-state index is 2.48. The molecule has 0 radical (unpaired) electrons. The van der Waals surface area contributed by atoms with Gasteiger partial charge >= 0.3 is 18.9 Å². The molecule has 0 amide bonds. The monoisotopic (exact) mass is 490 g/mol. The van der Waals surface area contributed by atoms with E-state index in [-0.39, 0.29) is 34.7 Å². The fraction of sp³-hybridized carbons (Fsp3) is 0.600. The van der Waals surface area contributed by atoms with Crippen LogP contribution in [0.3, 0.4) is 0 Å². The zero-order valence-electron chi connectivity index (χ0n) is 24.7. The number of hydrogen-bond donors (Lipinski definition) is 0. The zero-order valence-corrected chi connectivity index (χ0v) is 26.4. The summed E-state index contributed by atoms with van der Waals surface area (Å²) in [5, 5.41) is 1.21. The van der Waals surface area contributed by atoms with Gasteiger partial charge in [0.25, 0.3) is 0 Å². The Hall–Kier alpha value is -0.0377. The van der Waals surface area contributed by atoms with Crippen LogP contribution in [0.1, 0.15) is 83.1 Å². The summed E-state index contributed by atoms with van der Waals surface area (Å²) in [6.07, 6.45) is -0.917. The molecular formula is C30H50BLiP2. The first-order valence-electron chi connectivity index (χ1n) is 12.7. The summed E-state index contributed by atoms with van der Waals surface area (Å²) < 4.78 is 0. The third kappa shape index (κ3) is 7.98. The van der Waals surface area contributed by atoms with Crippen molar-refractivity contribution in [3.8, 4) is 0 Å². The van der Waals surface area contributed by atoms with E-state index in [0.29, 0.717) is 20.6 Å². The molecule has 2 rings (SSSR count). The molecule has 0 nitrogen and oxygen atoms in total. The Kier molecular flexibility index (Phi) is 10.9. The van der Waals surface area contributed by atoms with Crippen LogP contribution in [0.5, 0.6) is 0 Å². The second-order valence-electron chi connectivity index (χ2n) is 14.0. The van der Waals surface area contributed by atoms with Crippen LogP contribution in [0.25, 0.3) is 0 Å². The topological polar surface area (TPSA) is 0 Å². The normalized spacial score (nSPS) is 13.8. The Morgan fingerprint density at radius 3 is 0.912 bits per heavy atom. The van der Waals surface area contributed by atoms with E-state index in [0.717, 1.165) is 0 Å². The number of benzene rings is 2. The Balaban J connectivity index is 0.00000578. The standard InChI is InChI=1S/C30H50BP2.Li/c1-27(2,3)32(28(4,5)6)23-31(25-19-15-13-16-20-25,26-21-17-14-18-22-26)24-33(29(7,8)9)30(10,11)12;/h13-22H,23-24H2,1-12H3;/q-1;+1. The molecular weight excluding hydrogens is 440 g/mol. The molecule has 0 aliphatic heterocycles. The van der Waals surface area contributed by atoms with Crippen LogP contribution in [0.2, 0.25) is 0 Å². The smallest absolute Gasteiger partial charge is 0.204 e. The minimum atomic E-state index is -0.917. The van der Waals surface area contributed by atoms with E-state index in [1.807, 2.05) is 0 Å². The summed E-state index contributed by atoms with van der Waals surface area (Å²) in [4.78, 5) is 0. The molecule has 0 atom stereocenters. The van der Waals surface area contributed by atoms with E-state index in [1.54, 1.807) is 10.9 Å². The Morgan fingerprint density at radius 2 is 0.706 bits per heavy atom. The largest absolute Gasteiger partial charge is 1.00 e. The van der Waals surface area contributed by atoms with Gasteiger partial charge in [0.05, 0.1) is 6.15 Å². The van der Waals surface area contributed by atoms with Crippen LogP contribution in [0.4, 0.5) is 0 Å². The van der Waals surface area contributed by atoms with Crippen LogP contribution in [-0.2, 0) is 0 Å². The molecule has 0 fully saturated rings. The van der Waals surface area contributed by atoms with Gasteiger partial charge in [0.2, 0.25) is 0 Å². The quantitative estimate of drug-likeness (QED) is 0.371. The van der Waals surface area contributed by atoms with Crippen LogP contribution in [0.15, 0.2) is 60.7 Å². The summed E-state index contributed by atoms with van der Waals surface area (Å²) >= 11 is 0. The molecule has 0 bridgehead atoms. The van der Waals surface area contributed by atoms with Crippen molar-refractivity contribution in [2.24, 2.45) is 0 Å². The maximum Gasteiger partial charge on any atom is 1.00 e. The van der Waals surface area contributed by atoms with Crippen LogP contribution >= 0.6 is 15.8 Å². The average molecular weight is 490 g/mol. The van der Waals surface area contributed by atoms with Crippen molar-refractivity contribution in [3.05, 3.63) is 60.7 Å². The molecule has 0 unspecified atom stereocenters. The number of hydrogen-bond acceptors (Lipinski definition) is 0. The second-order valence-corrected chi connectivity index (χ2v) is 21.8. The first-order chi connectivity index (χ1) is 14.9. The SMILES string of the molecule is CC(C)(C)P(C[B-](CP(C(C)(C)C)C(C)(C)C)(c1ccccc1)c1ccccc1)C(C)(C)C.[Li+]. The minimum absolute atomic E-state index is 0. The zero-order chi connectivity index (χ0) is 25.3. The summed E-state index contributed by atoms with van der Waals surface area (Å²) in [6.45, 7) is 29.8. The second kappa shape index (κ2) is 11.6. The Morgan fingerprint density at radius 1 is 0.471 bits per heavy atom. The van der Waals surface area contributed by atoms with Crippen molar-refractivity contribution in [2.45, 2.75) is 104 Å². The van der Waals surface area contributed by atoms with Gasteiger partial charge in [0, 0.05) is 0 Å². The molecule has 0 saturated carbocycles. The van der Waals surface area contributed by atoms with Gasteiger partial charge in [-0.15, -0.1) is 28.0 Å². The van der Waals surface area contributed by atoms with Crippen LogP contribution in [-0.4, -0.2) is 38.9 Å². The van der Waals surface area contributed by atoms with Gasteiger partial charge in [0.15, 0.2) is 0 Å². The molecule has 34 heavy (non-hydrogen) atoms. The van der Waals surface area contributed by atoms with Crippen LogP contribution in [0, 0.1) is 0 Å². The molecule has 0 aromatic heterocycles. The summed E-state index contributed by atoms with van der Waals surface area (Å²) in [7, 11) is -0.484. The van der Waals surface area contributed by atoms with Gasteiger partial charge in [-0.05, 0) is 20.6 Å². The van der Waals surface area contributed by atoms with Gasteiger partial charge < -0.3 is 0 Å². The molecule has 0 aliphatic rings. The molecule has 0 aliphatic carbocycles. The van der Waals surface area contributed by atoms with Crippen molar-refractivity contribution in [2.75, 3.05) is 12.1 Å². The van der Waals surface area contributed by atoms with Gasteiger partial charge in [-0.3, -0.25) is 0 Å². The van der Waals surface area contributed by atoms with Crippen molar-refractivity contribution < 1.29 is 18.9 Å². The van der Waals surface area contributed by atoms with E-state index in [2.05, 4.69) is 144 Å². The fourth-order valence-electron chi connectivity index (χ4n) is 6.05. The van der Waals surface area contributed by atoms with E-state index in [4.69, 9.17) is 0 Å². The van der Waals surface area contributed by atoms with Gasteiger partial charge in [0.1, 0.15) is 0 Å². The molecule has 0 N–H and O–H groups in total. The molecule has 0 heterocycles. The van der Waals surface area contributed by atoms with Crippen molar-refractivity contribution in [1.29, 1.82) is 0 Å². The van der Waals surface area contributed by atoms with Crippen molar-refractivity contribution >= 4 is 32.9 Å². The maximum absolute atomic E-state index is 2.48. The summed E-state index contributed by atoms with van der Waals surface area (Å²) in [5.74, 6) is 0. The Labute approximate surface area is 227 Å². The fourth-order valence-corrected chi connectivity index (χ4v) is 14.8. The third-order valence-electron chi connectivity index (χ3n) is 7.10. The van der Waals surface area contributed by atoms with E-state index in [1.165, 1.54) is 12.1 Å². The number of rotatable bonds is 6. The first kappa shape index (κ1) is 32.0. The van der Waals surface area contributed by atoms with Gasteiger partial charge in [-0.1, -0.05) is 144 Å². The van der Waals surface area contributed by atoms with E-state index >= 15 is 0 Å². The van der Waals surface area contributed by atoms with Gasteiger partial charge in [-0.2, -0.15) is 0 Å². The van der Waals surface area contributed by atoms with Gasteiger partial charge in [-0.25, -0.2) is 10.9 Å².